The maximum Gasteiger partial charge on any atom is 0.355 e. The Balaban J connectivity index is 1.52. The number of carbonyl (C=O) groups is 1. The minimum absolute atomic E-state index is 0.0424. The largest absolute Gasteiger partial charge is 0.476 e. The summed E-state index contributed by atoms with van der Waals surface area (Å²) in [6.45, 7) is 2.05. The van der Waals surface area contributed by atoms with Crippen molar-refractivity contribution >= 4 is 28.3 Å². The van der Waals surface area contributed by atoms with Crippen LogP contribution >= 0.6 is 11.3 Å². The molecule has 2 aromatic heterocycles. The van der Waals surface area contributed by atoms with Gasteiger partial charge in [-0.2, -0.15) is 5.10 Å². The molecule has 7 nitrogen and oxygen atoms in total. The van der Waals surface area contributed by atoms with Gasteiger partial charge >= 0.3 is 5.97 Å². The standard InChI is InChI=1S/C30H25FN4O3S2/c1-17-5-7-18(8-6-17)20-3-2-4-22(13-20)27-24(14-21-11-12-23(40(32)38)15-25(21)31)28(19-9-10-19)35(34-27)30-33-26(16-39-30)29(36)37/h2-8,11-13,15-16,19H,9-10,14H2,1H3,(H2,32,38)(H,36,37)/p+1. The van der Waals surface area contributed by atoms with Gasteiger partial charge in [0.2, 0.25) is 5.13 Å². The molecule has 3 N–H and O–H groups in total. The highest BCUT2D eigenvalue weighted by atomic mass is 32.2. The molecule has 1 aliphatic rings. The van der Waals surface area contributed by atoms with Crippen LogP contribution in [0.25, 0.3) is 27.5 Å². The first kappa shape index (κ1) is 26.2. The third-order valence-electron chi connectivity index (χ3n) is 7.06. The smallest absolute Gasteiger partial charge is 0.355 e. The van der Waals surface area contributed by atoms with Crippen LogP contribution < -0.4 is 5.14 Å². The third kappa shape index (κ3) is 5.13. The van der Waals surface area contributed by atoms with Crippen molar-refractivity contribution in [1.82, 2.24) is 14.8 Å². The highest BCUT2D eigenvalue weighted by molar-refractivity contribution is 7.82. The Bertz CT molecular complexity index is 1770. The second-order valence-electron chi connectivity index (χ2n) is 9.94. The number of halogens is 1. The van der Waals surface area contributed by atoms with Gasteiger partial charge in [0.25, 0.3) is 0 Å². The van der Waals surface area contributed by atoms with Gasteiger partial charge in [0.1, 0.15) is 5.82 Å². The van der Waals surface area contributed by atoms with Crippen LogP contribution in [0.2, 0.25) is 0 Å². The molecule has 0 aliphatic heterocycles. The van der Waals surface area contributed by atoms with E-state index in [9.17, 15) is 14.1 Å². The summed E-state index contributed by atoms with van der Waals surface area (Å²) < 4.78 is 28.7. The number of aryl methyl sites for hydroxylation is 1. The number of aromatic carboxylic acids is 1. The van der Waals surface area contributed by atoms with Crippen LogP contribution in [0, 0.1) is 12.7 Å². The van der Waals surface area contributed by atoms with Crippen LogP contribution in [-0.2, 0) is 21.6 Å². The number of thiol groups is 1. The fourth-order valence-electron chi connectivity index (χ4n) is 4.85. The van der Waals surface area contributed by atoms with Crippen LogP contribution in [-0.4, -0.2) is 25.8 Å². The van der Waals surface area contributed by atoms with E-state index in [1.807, 2.05) is 25.1 Å². The predicted molar refractivity (Wildman–Crippen MR) is 155 cm³/mol. The fourth-order valence-corrected chi connectivity index (χ4v) is 6.07. The van der Waals surface area contributed by atoms with E-state index in [1.54, 1.807) is 16.8 Å². The molecule has 1 saturated carbocycles. The second-order valence-corrected chi connectivity index (χ2v) is 11.9. The fraction of sp³-hybridized carbons (Fsp3) is 0.167. The van der Waals surface area contributed by atoms with Gasteiger partial charge in [-0.1, -0.05) is 58.3 Å². The van der Waals surface area contributed by atoms with Crippen molar-refractivity contribution in [3.05, 3.63) is 106 Å². The van der Waals surface area contributed by atoms with Gasteiger partial charge in [0.15, 0.2) is 21.6 Å². The van der Waals surface area contributed by atoms with Crippen LogP contribution in [0.4, 0.5) is 4.39 Å². The number of carboxylic acids is 1. The molecular weight excluding hydrogens is 547 g/mol. The minimum atomic E-state index is -2.15. The Hall–Kier alpha value is -3.99. The lowest BCUT2D eigenvalue weighted by atomic mass is 9.95. The first-order valence-corrected chi connectivity index (χ1v) is 15.0. The topological polar surface area (TPSA) is 111 Å². The minimum Gasteiger partial charge on any atom is -0.476 e. The maximum atomic E-state index is 15.2. The average molecular weight is 574 g/mol. The predicted octanol–water partition coefficient (Wildman–Crippen LogP) is 6.21. The molecule has 1 unspecified atom stereocenters. The zero-order valence-corrected chi connectivity index (χ0v) is 23.3. The third-order valence-corrected chi connectivity index (χ3v) is 8.66. The Kier molecular flexibility index (Phi) is 6.91. The first-order valence-electron chi connectivity index (χ1n) is 12.8. The zero-order chi connectivity index (χ0) is 28.0. The highest BCUT2D eigenvalue weighted by Gasteiger charge is 2.34. The van der Waals surface area contributed by atoms with E-state index < -0.39 is 22.8 Å². The van der Waals surface area contributed by atoms with Crippen molar-refractivity contribution in [2.75, 3.05) is 0 Å². The molecule has 0 amide bonds. The molecule has 2 heterocycles. The molecule has 0 radical (unpaired) electrons. The van der Waals surface area contributed by atoms with Crippen molar-refractivity contribution < 1.29 is 18.5 Å². The first-order chi connectivity index (χ1) is 19.3. The van der Waals surface area contributed by atoms with Gasteiger partial charge in [-0.15, -0.1) is 16.5 Å². The molecule has 202 valence electrons. The number of nitrogens with zero attached hydrogens (tertiary/aromatic N) is 3. The van der Waals surface area contributed by atoms with Crippen molar-refractivity contribution in [2.24, 2.45) is 5.14 Å². The maximum absolute atomic E-state index is 15.2. The number of carboxylic acid groups (broad SMARTS) is 1. The van der Waals surface area contributed by atoms with Crippen LogP contribution in [0.1, 0.15) is 51.6 Å². The lowest BCUT2D eigenvalue weighted by Crippen LogP contribution is -2.05. The molecule has 1 fully saturated rings. The number of hydrogen-bond donors (Lipinski definition) is 2. The number of benzene rings is 3. The molecule has 1 aliphatic carbocycles. The molecule has 0 saturated heterocycles. The molecular formula is C30H26FN4O3S2+. The Morgan fingerprint density at radius 3 is 2.50 bits per heavy atom. The Morgan fingerprint density at radius 2 is 1.85 bits per heavy atom. The van der Waals surface area contributed by atoms with Crippen molar-refractivity contribution in [2.45, 2.75) is 37.0 Å². The zero-order valence-electron chi connectivity index (χ0n) is 21.5. The van der Waals surface area contributed by atoms with Gasteiger partial charge in [-0.3, -0.25) is 0 Å². The normalized spacial score (nSPS) is 13.9. The van der Waals surface area contributed by atoms with Gasteiger partial charge in [0, 0.05) is 34.9 Å². The Morgan fingerprint density at radius 1 is 1.10 bits per heavy atom. The van der Waals surface area contributed by atoms with Crippen LogP contribution in [0.5, 0.6) is 0 Å². The van der Waals surface area contributed by atoms with E-state index >= 15 is 4.39 Å². The van der Waals surface area contributed by atoms with Gasteiger partial charge in [0.05, 0.1) is 11.4 Å². The summed E-state index contributed by atoms with van der Waals surface area (Å²) in [5.74, 6) is -1.38. The molecule has 5 aromatic rings. The highest BCUT2D eigenvalue weighted by Crippen LogP contribution is 2.46. The number of aromatic nitrogens is 3. The summed E-state index contributed by atoms with van der Waals surface area (Å²) in [4.78, 5) is 16.1. The summed E-state index contributed by atoms with van der Waals surface area (Å²) in [5.41, 5.74) is 6.99. The summed E-state index contributed by atoms with van der Waals surface area (Å²) in [5, 5.41) is 21.9. The van der Waals surface area contributed by atoms with Crippen molar-refractivity contribution in [3.63, 3.8) is 0 Å². The number of thiazole rings is 1. The van der Waals surface area contributed by atoms with E-state index in [-0.39, 0.29) is 22.9 Å². The molecule has 0 spiro atoms. The summed E-state index contributed by atoms with van der Waals surface area (Å²) >= 11 is 1.21. The number of nitrogens with two attached hydrogens (primary N) is 1. The van der Waals surface area contributed by atoms with Gasteiger partial charge in [-0.05, 0) is 48.6 Å². The van der Waals surface area contributed by atoms with E-state index in [1.165, 1.54) is 28.3 Å². The summed E-state index contributed by atoms with van der Waals surface area (Å²) in [6.07, 6.45) is 2.15. The number of rotatable bonds is 8. The van der Waals surface area contributed by atoms with Crippen molar-refractivity contribution in [3.8, 4) is 27.5 Å². The second kappa shape index (κ2) is 10.5. The molecule has 0 bridgehead atoms. The average Bonchev–Trinajstić information content (AvgIpc) is 3.52. The Labute approximate surface area is 236 Å². The monoisotopic (exact) mass is 573 g/mol. The van der Waals surface area contributed by atoms with Crippen LogP contribution in [0.15, 0.2) is 77.0 Å². The van der Waals surface area contributed by atoms with Gasteiger partial charge < -0.3 is 5.11 Å². The molecule has 1 atom stereocenters. The van der Waals surface area contributed by atoms with E-state index in [0.717, 1.165) is 40.8 Å². The summed E-state index contributed by atoms with van der Waals surface area (Å²) in [6, 6.07) is 20.8. The molecule has 6 rings (SSSR count). The van der Waals surface area contributed by atoms with E-state index in [2.05, 4.69) is 35.3 Å². The quantitative estimate of drug-likeness (QED) is 0.169. The molecule has 40 heavy (non-hydrogen) atoms. The van der Waals surface area contributed by atoms with Gasteiger partial charge in [-0.25, -0.2) is 18.9 Å². The number of hydrogen-bond acceptors (Lipinski definition) is 5. The SMILES string of the molecule is Cc1ccc(-c2cccc(-c3nn(-c4nc(C(=O)O)cs4)c(C4CC4)c3Cc3ccc([SH+](N)=O)cc3F)c2)cc1. The van der Waals surface area contributed by atoms with Crippen LogP contribution in [0.3, 0.4) is 0 Å². The molecule has 10 heteroatoms. The van der Waals surface area contributed by atoms with E-state index in [0.29, 0.717) is 16.4 Å². The van der Waals surface area contributed by atoms with E-state index in [4.69, 9.17) is 10.2 Å². The molecule has 3 aromatic carbocycles. The van der Waals surface area contributed by atoms with Crippen molar-refractivity contribution in [1.29, 1.82) is 0 Å². The summed E-state index contributed by atoms with van der Waals surface area (Å²) in [7, 11) is -2.15. The lowest BCUT2D eigenvalue weighted by Gasteiger charge is -2.10. The lowest BCUT2D eigenvalue weighted by molar-refractivity contribution is 0.0691.